The molecule has 9 heteroatoms. The molecular formula is C31H37N5O4. The summed E-state index contributed by atoms with van der Waals surface area (Å²) in [4.78, 5) is 30.0. The molecule has 1 N–H and O–H groups in total. The number of nitrogens with zero attached hydrogens (tertiary/aromatic N) is 4. The average molecular weight is 544 g/mol. The van der Waals surface area contributed by atoms with Crippen LogP contribution in [-0.4, -0.2) is 47.6 Å². The van der Waals surface area contributed by atoms with Crippen molar-refractivity contribution >= 4 is 28.5 Å². The highest BCUT2D eigenvalue weighted by Crippen LogP contribution is 2.40. The van der Waals surface area contributed by atoms with Crippen LogP contribution in [0.2, 0.25) is 0 Å². The fraction of sp³-hybridized carbons (Fsp3) is 0.355. The van der Waals surface area contributed by atoms with Crippen LogP contribution in [0.15, 0.2) is 60.7 Å². The molecule has 0 fully saturated rings. The van der Waals surface area contributed by atoms with Crippen LogP contribution in [0.5, 0.6) is 11.5 Å². The van der Waals surface area contributed by atoms with Gasteiger partial charge in [-0.1, -0.05) is 61.0 Å². The van der Waals surface area contributed by atoms with Gasteiger partial charge >= 0.3 is 0 Å². The van der Waals surface area contributed by atoms with Crippen molar-refractivity contribution in [1.29, 1.82) is 0 Å². The number of methoxy groups -OCH3 is 2. The van der Waals surface area contributed by atoms with E-state index >= 15 is 0 Å². The van der Waals surface area contributed by atoms with Crippen LogP contribution in [-0.2, 0) is 16.1 Å². The van der Waals surface area contributed by atoms with Gasteiger partial charge in [0.05, 0.1) is 19.7 Å². The highest BCUT2D eigenvalue weighted by molar-refractivity contribution is 6.02. The Labute approximate surface area is 235 Å². The lowest BCUT2D eigenvalue weighted by Gasteiger charge is -2.33. The Bertz CT molecular complexity index is 1500. The Balaban J connectivity index is 1.88. The van der Waals surface area contributed by atoms with E-state index in [0.717, 1.165) is 23.1 Å². The van der Waals surface area contributed by atoms with E-state index in [2.05, 4.69) is 29.5 Å². The van der Waals surface area contributed by atoms with Gasteiger partial charge in [-0.15, -0.1) is 5.10 Å². The molecule has 9 nitrogen and oxygen atoms in total. The standard InChI is InChI=1S/C31H37N5O4/c1-20(2)16-17-32-31(38)29(23-10-9-13-27(39-5)30(23)40-6)36(25-15-14-21(3)18-22(25)4)28(37)19-35-26-12-8-7-11-24(26)33-34-35/h7-15,18,20,29H,16-17,19H2,1-6H3,(H,32,38)/t29-/m0/s1. The lowest BCUT2D eigenvalue weighted by atomic mass is 9.99. The van der Waals surface area contributed by atoms with Crippen molar-refractivity contribution < 1.29 is 19.1 Å². The number of anilines is 1. The quantitative estimate of drug-likeness (QED) is 0.286. The van der Waals surface area contributed by atoms with Gasteiger partial charge in [0.15, 0.2) is 11.5 Å². The van der Waals surface area contributed by atoms with Gasteiger partial charge in [-0.25, -0.2) is 4.68 Å². The summed E-state index contributed by atoms with van der Waals surface area (Å²) < 4.78 is 12.9. The molecule has 2 amide bonds. The van der Waals surface area contributed by atoms with E-state index < -0.39 is 6.04 Å². The smallest absolute Gasteiger partial charge is 0.249 e. The second-order valence-corrected chi connectivity index (χ2v) is 10.2. The van der Waals surface area contributed by atoms with Crippen molar-refractivity contribution in [2.75, 3.05) is 25.7 Å². The first-order chi connectivity index (χ1) is 19.2. The van der Waals surface area contributed by atoms with E-state index in [4.69, 9.17) is 9.47 Å². The number of carbonyl (C=O) groups is 2. The Hall–Kier alpha value is -4.40. The molecule has 0 aliphatic heterocycles. The zero-order valence-electron chi connectivity index (χ0n) is 24.0. The van der Waals surface area contributed by atoms with Gasteiger partial charge in [0.2, 0.25) is 11.8 Å². The van der Waals surface area contributed by atoms with Crippen molar-refractivity contribution in [3.05, 3.63) is 77.4 Å². The predicted molar refractivity (Wildman–Crippen MR) is 156 cm³/mol. The summed E-state index contributed by atoms with van der Waals surface area (Å²) in [5, 5.41) is 11.5. The summed E-state index contributed by atoms with van der Waals surface area (Å²) in [6, 6.07) is 17.6. The highest BCUT2D eigenvalue weighted by atomic mass is 16.5. The zero-order chi connectivity index (χ0) is 28.8. The third-order valence-corrected chi connectivity index (χ3v) is 6.84. The number of hydrogen-bond donors (Lipinski definition) is 1. The number of aromatic nitrogens is 3. The van der Waals surface area contributed by atoms with Crippen LogP contribution in [0.4, 0.5) is 5.69 Å². The molecule has 1 atom stereocenters. The molecule has 0 bridgehead atoms. The number of hydrogen-bond acceptors (Lipinski definition) is 6. The summed E-state index contributed by atoms with van der Waals surface area (Å²) in [7, 11) is 3.07. The van der Waals surface area contributed by atoms with Crippen LogP contribution in [0.25, 0.3) is 11.0 Å². The summed E-state index contributed by atoms with van der Waals surface area (Å²) in [5.41, 5.74) is 4.46. The Morgan fingerprint density at radius 3 is 2.48 bits per heavy atom. The van der Waals surface area contributed by atoms with Crippen molar-refractivity contribution in [2.24, 2.45) is 5.92 Å². The molecule has 0 spiro atoms. The van der Waals surface area contributed by atoms with Crippen LogP contribution in [0, 0.1) is 19.8 Å². The minimum atomic E-state index is -1.04. The average Bonchev–Trinajstić information content (AvgIpc) is 3.34. The number of para-hydroxylation sites is 2. The Morgan fingerprint density at radius 1 is 1.00 bits per heavy atom. The minimum absolute atomic E-state index is 0.115. The lowest BCUT2D eigenvalue weighted by molar-refractivity contribution is -0.127. The van der Waals surface area contributed by atoms with Crippen molar-refractivity contribution in [2.45, 2.75) is 46.7 Å². The summed E-state index contributed by atoms with van der Waals surface area (Å²) >= 11 is 0. The van der Waals surface area contributed by atoms with Gasteiger partial charge in [0.1, 0.15) is 18.1 Å². The van der Waals surface area contributed by atoms with Gasteiger partial charge in [-0.2, -0.15) is 0 Å². The first-order valence-electron chi connectivity index (χ1n) is 13.4. The van der Waals surface area contributed by atoms with Crippen LogP contribution in [0.1, 0.15) is 43.0 Å². The largest absolute Gasteiger partial charge is 0.493 e. The van der Waals surface area contributed by atoms with Crippen molar-refractivity contribution in [1.82, 2.24) is 20.3 Å². The van der Waals surface area contributed by atoms with E-state index in [9.17, 15) is 9.59 Å². The summed E-state index contributed by atoms with van der Waals surface area (Å²) in [5.74, 6) is 0.626. The van der Waals surface area contributed by atoms with E-state index in [-0.39, 0.29) is 18.4 Å². The van der Waals surface area contributed by atoms with Crippen LogP contribution >= 0.6 is 0 Å². The van der Waals surface area contributed by atoms with Crippen LogP contribution in [0.3, 0.4) is 0 Å². The van der Waals surface area contributed by atoms with Gasteiger partial charge in [0, 0.05) is 17.8 Å². The second kappa shape index (κ2) is 12.6. The molecule has 40 heavy (non-hydrogen) atoms. The molecule has 0 aliphatic rings. The van der Waals surface area contributed by atoms with Gasteiger partial charge < -0.3 is 14.8 Å². The number of benzene rings is 3. The van der Waals surface area contributed by atoms with Crippen molar-refractivity contribution in [3.63, 3.8) is 0 Å². The second-order valence-electron chi connectivity index (χ2n) is 10.2. The number of fused-ring (bicyclic) bond motifs is 1. The fourth-order valence-electron chi connectivity index (χ4n) is 4.84. The van der Waals surface area contributed by atoms with Gasteiger partial charge in [-0.05, 0) is 56.0 Å². The maximum absolute atomic E-state index is 14.3. The molecule has 3 aromatic carbocycles. The Morgan fingerprint density at radius 2 is 1.77 bits per heavy atom. The molecule has 1 aromatic heterocycles. The molecule has 210 valence electrons. The fourth-order valence-corrected chi connectivity index (χ4v) is 4.84. The third-order valence-electron chi connectivity index (χ3n) is 6.84. The molecule has 0 saturated carbocycles. The van der Waals surface area contributed by atoms with Crippen LogP contribution < -0.4 is 19.7 Å². The van der Waals surface area contributed by atoms with Gasteiger partial charge in [0.25, 0.3) is 0 Å². The topological polar surface area (TPSA) is 98.6 Å². The number of ether oxygens (including phenoxy) is 2. The van der Waals surface area contributed by atoms with Crippen molar-refractivity contribution in [3.8, 4) is 11.5 Å². The number of nitrogens with one attached hydrogen (secondary N) is 1. The first kappa shape index (κ1) is 28.6. The number of aryl methyl sites for hydroxylation is 2. The monoisotopic (exact) mass is 543 g/mol. The Kier molecular flexibility index (Phi) is 9.04. The maximum Gasteiger partial charge on any atom is 0.249 e. The van der Waals surface area contributed by atoms with E-state index in [1.807, 2.05) is 56.3 Å². The molecule has 0 unspecified atom stereocenters. The molecule has 0 aliphatic carbocycles. The predicted octanol–water partition coefficient (Wildman–Crippen LogP) is 5.00. The molecule has 4 aromatic rings. The molecule has 4 rings (SSSR count). The van der Waals surface area contributed by atoms with E-state index in [0.29, 0.717) is 40.7 Å². The maximum atomic E-state index is 14.3. The molecule has 1 heterocycles. The van der Waals surface area contributed by atoms with E-state index in [1.165, 1.54) is 7.11 Å². The van der Waals surface area contributed by atoms with Gasteiger partial charge in [-0.3, -0.25) is 14.5 Å². The number of rotatable bonds is 11. The first-order valence-corrected chi connectivity index (χ1v) is 13.4. The zero-order valence-corrected chi connectivity index (χ0v) is 24.0. The summed E-state index contributed by atoms with van der Waals surface area (Å²) in [6.07, 6.45) is 0.802. The van der Waals surface area contributed by atoms with E-state index in [1.54, 1.807) is 34.9 Å². The number of carbonyl (C=O) groups excluding carboxylic acids is 2. The SMILES string of the molecule is COc1cccc([C@@H](C(=O)NCCC(C)C)N(C(=O)Cn2nnc3ccccc32)c2ccc(C)cc2C)c1OC. The molecular weight excluding hydrogens is 506 g/mol. The number of amides is 2. The molecule has 0 radical (unpaired) electrons. The summed E-state index contributed by atoms with van der Waals surface area (Å²) in [6.45, 7) is 8.48. The minimum Gasteiger partial charge on any atom is -0.493 e. The molecule has 0 saturated heterocycles. The third kappa shape index (κ3) is 6.09. The lowest BCUT2D eigenvalue weighted by Crippen LogP contribution is -2.46. The highest BCUT2D eigenvalue weighted by Gasteiger charge is 2.36. The normalized spacial score (nSPS) is 11.9.